The van der Waals surface area contributed by atoms with Crippen molar-refractivity contribution in [2.24, 2.45) is 0 Å². The average molecular weight is 208 g/mol. The highest BCUT2D eigenvalue weighted by atomic mass is 28.4. The Hall–Kier alpha value is 0.571. The summed E-state index contributed by atoms with van der Waals surface area (Å²) in [7, 11) is -1.02. The first kappa shape index (κ1) is 11.6. The second-order valence-corrected chi connectivity index (χ2v) is 11.0. The molecule has 0 spiro atoms. The van der Waals surface area contributed by atoms with Crippen molar-refractivity contribution in [3.63, 3.8) is 0 Å². The number of rotatable bonds is 6. The van der Waals surface area contributed by atoms with Gasteiger partial charge < -0.3 is 8.23 Å². The van der Waals surface area contributed by atoms with E-state index in [0.29, 0.717) is 0 Å². The van der Waals surface area contributed by atoms with Gasteiger partial charge in [0, 0.05) is 0 Å². The van der Waals surface area contributed by atoms with Gasteiger partial charge in [-0.3, -0.25) is 0 Å². The molecule has 0 aliphatic carbocycles. The van der Waals surface area contributed by atoms with E-state index in [1.807, 2.05) is 0 Å². The van der Waals surface area contributed by atoms with Gasteiger partial charge in [0.15, 0.2) is 8.32 Å². The first-order valence-corrected chi connectivity index (χ1v) is 8.87. The van der Waals surface area contributed by atoms with E-state index in [1.54, 1.807) is 0 Å². The molecule has 68 valence electrons. The van der Waals surface area contributed by atoms with Crippen LogP contribution in [-0.4, -0.2) is 28.8 Å². The van der Waals surface area contributed by atoms with Crippen LogP contribution in [0.15, 0.2) is 0 Å². The second-order valence-electron chi connectivity index (χ2n) is 2.79. The van der Waals surface area contributed by atoms with Crippen LogP contribution in [0.25, 0.3) is 0 Å². The van der Waals surface area contributed by atoms with Gasteiger partial charge in [-0.1, -0.05) is 20.8 Å². The molecule has 0 amide bonds. The summed E-state index contributed by atoms with van der Waals surface area (Å²) in [6.07, 6.45) is 0. The van der Waals surface area contributed by atoms with Crippen LogP contribution in [0, 0.1) is 0 Å². The lowest BCUT2D eigenvalue weighted by atomic mass is 10.9. The SMILES string of the molecule is CC[Si](CC)(CC)O[SiH2]O[SiH3]. The molecule has 0 heterocycles. The van der Waals surface area contributed by atoms with Crippen molar-refractivity contribution >= 4 is 28.8 Å². The van der Waals surface area contributed by atoms with Gasteiger partial charge in [-0.15, -0.1) is 0 Å². The lowest BCUT2D eigenvalue weighted by molar-refractivity contribution is 0.467. The average Bonchev–Trinajstić information content (AvgIpc) is 2.08. The molecule has 0 aliphatic rings. The Morgan fingerprint density at radius 2 is 1.64 bits per heavy atom. The number of hydrogen-bond acceptors (Lipinski definition) is 2. The summed E-state index contributed by atoms with van der Waals surface area (Å²) in [5.41, 5.74) is 0. The fourth-order valence-electron chi connectivity index (χ4n) is 1.24. The van der Waals surface area contributed by atoms with Gasteiger partial charge in [-0.2, -0.15) is 0 Å². The van der Waals surface area contributed by atoms with Crippen molar-refractivity contribution in [3.05, 3.63) is 0 Å². The molecule has 0 saturated carbocycles. The van der Waals surface area contributed by atoms with Crippen LogP contribution in [0.2, 0.25) is 18.1 Å². The van der Waals surface area contributed by atoms with Crippen LogP contribution >= 0.6 is 0 Å². The van der Waals surface area contributed by atoms with Gasteiger partial charge in [0.1, 0.15) is 10.5 Å². The monoisotopic (exact) mass is 208 g/mol. The smallest absolute Gasteiger partial charge is 0.283 e. The zero-order chi connectivity index (χ0) is 8.74. The summed E-state index contributed by atoms with van der Waals surface area (Å²) in [6, 6.07) is 3.74. The molecule has 0 saturated heterocycles. The number of hydrogen-bond donors (Lipinski definition) is 0. The molecule has 0 aromatic heterocycles. The molecule has 0 aromatic carbocycles. The van der Waals surface area contributed by atoms with Gasteiger partial charge in [0.05, 0.1) is 0 Å². The topological polar surface area (TPSA) is 18.5 Å². The molecular weight excluding hydrogens is 188 g/mol. The molecule has 0 bridgehead atoms. The zero-order valence-corrected chi connectivity index (χ0v) is 12.6. The normalized spacial score (nSPS) is 13.4. The van der Waals surface area contributed by atoms with E-state index >= 15 is 0 Å². The second kappa shape index (κ2) is 6.13. The Kier molecular flexibility index (Phi) is 6.45. The van der Waals surface area contributed by atoms with E-state index in [-0.39, 0.29) is 0 Å². The van der Waals surface area contributed by atoms with E-state index in [1.165, 1.54) is 18.1 Å². The van der Waals surface area contributed by atoms with Gasteiger partial charge in [-0.25, -0.2) is 0 Å². The highest BCUT2D eigenvalue weighted by Gasteiger charge is 2.27. The summed E-state index contributed by atoms with van der Waals surface area (Å²) in [4.78, 5) is 0. The summed E-state index contributed by atoms with van der Waals surface area (Å²) in [6.45, 7) is 6.75. The molecule has 0 rings (SSSR count). The third-order valence-electron chi connectivity index (χ3n) is 2.42. The van der Waals surface area contributed by atoms with E-state index < -0.39 is 18.3 Å². The van der Waals surface area contributed by atoms with E-state index in [9.17, 15) is 0 Å². The summed E-state index contributed by atoms with van der Waals surface area (Å²) >= 11 is 0. The summed E-state index contributed by atoms with van der Waals surface area (Å²) in [5.74, 6) is 0. The molecule has 2 nitrogen and oxygen atoms in total. The van der Waals surface area contributed by atoms with Crippen molar-refractivity contribution in [2.45, 2.75) is 38.9 Å². The van der Waals surface area contributed by atoms with E-state index in [2.05, 4.69) is 20.8 Å². The van der Waals surface area contributed by atoms with E-state index in [4.69, 9.17) is 8.23 Å². The van der Waals surface area contributed by atoms with E-state index in [0.717, 1.165) is 10.5 Å². The molecule has 0 unspecified atom stereocenters. The Bertz CT molecular complexity index is 87.6. The van der Waals surface area contributed by atoms with Crippen molar-refractivity contribution in [1.29, 1.82) is 0 Å². The maximum absolute atomic E-state index is 5.92. The van der Waals surface area contributed by atoms with Crippen molar-refractivity contribution in [2.75, 3.05) is 0 Å². The zero-order valence-electron chi connectivity index (χ0n) is 8.14. The van der Waals surface area contributed by atoms with Crippen LogP contribution < -0.4 is 0 Å². The minimum absolute atomic E-state index is 0.592. The lowest BCUT2D eigenvalue weighted by Gasteiger charge is -2.27. The van der Waals surface area contributed by atoms with Crippen LogP contribution in [0.3, 0.4) is 0 Å². The van der Waals surface area contributed by atoms with Gasteiger partial charge in [0.2, 0.25) is 0 Å². The highest BCUT2D eigenvalue weighted by molar-refractivity contribution is 6.76. The highest BCUT2D eigenvalue weighted by Crippen LogP contribution is 2.20. The minimum atomic E-state index is -1.28. The fourth-order valence-corrected chi connectivity index (χ4v) is 7.72. The largest absolute Gasteiger partial charge is 0.449 e. The minimum Gasteiger partial charge on any atom is -0.449 e. The summed E-state index contributed by atoms with van der Waals surface area (Å²) < 4.78 is 11.1. The maximum Gasteiger partial charge on any atom is 0.283 e. The lowest BCUT2D eigenvalue weighted by Crippen LogP contribution is -2.37. The molecule has 0 aliphatic heterocycles. The molecule has 5 heteroatoms. The third kappa shape index (κ3) is 3.66. The van der Waals surface area contributed by atoms with Crippen molar-refractivity contribution in [3.8, 4) is 0 Å². The molecule has 0 radical (unpaired) electrons. The van der Waals surface area contributed by atoms with Gasteiger partial charge in [-0.05, 0) is 18.1 Å². The van der Waals surface area contributed by atoms with Crippen LogP contribution in [0.1, 0.15) is 20.8 Å². The van der Waals surface area contributed by atoms with Crippen molar-refractivity contribution in [1.82, 2.24) is 0 Å². The van der Waals surface area contributed by atoms with Crippen LogP contribution in [-0.2, 0) is 8.23 Å². The van der Waals surface area contributed by atoms with Crippen LogP contribution in [0.4, 0.5) is 0 Å². The first-order valence-electron chi connectivity index (χ1n) is 4.37. The molecule has 11 heavy (non-hydrogen) atoms. The molecule has 0 fully saturated rings. The Labute approximate surface area is 76.4 Å². The van der Waals surface area contributed by atoms with Gasteiger partial charge >= 0.3 is 0 Å². The standard InChI is InChI=1S/C6H20O2Si3/c1-4-11(5-2,6-3)8-10-7-9/h4-6,10H2,1-3,9H3. The van der Waals surface area contributed by atoms with Gasteiger partial charge in [0.25, 0.3) is 10.0 Å². The van der Waals surface area contributed by atoms with Crippen molar-refractivity contribution < 1.29 is 8.23 Å². The maximum atomic E-state index is 5.92. The third-order valence-corrected chi connectivity index (χ3v) is 10.1. The molecule has 0 aromatic rings. The molecule has 0 atom stereocenters. The molecular formula is C6H20O2Si3. The Balaban J connectivity index is 3.84. The molecule has 0 N–H and O–H groups in total. The Morgan fingerprint density at radius 3 is 1.91 bits per heavy atom. The predicted octanol–water partition coefficient (Wildman–Crippen LogP) is 0.304. The summed E-state index contributed by atoms with van der Waals surface area (Å²) in [5, 5.41) is 0. The van der Waals surface area contributed by atoms with Crippen LogP contribution in [0.5, 0.6) is 0 Å². The Morgan fingerprint density at radius 1 is 1.18 bits per heavy atom. The quantitative estimate of drug-likeness (QED) is 0.585. The first-order chi connectivity index (χ1) is 5.24. The fraction of sp³-hybridized carbons (Fsp3) is 1.00. The predicted molar refractivity (Wildman–Crippen MR) is 57.9 cm³/mol.